The van der Waals surface area contributed by atoms with Crippen molar-refractivity contribution in [3.05, 3.63) is 47.3 Å². The van der Waals surface area contributed by atoms with Gasteiger partial charge in [0.05, 0.1) is 12.4 Å². The highest BCUT2D eigenvalue weighted by molar-refractivity contribution is 8.01. The van der Waals surface area contributed by atoms with Crippen molar-refractivity contribution in [1.29, 1.82) is 0 Å². The Kier molecular flexibility index (Phi) is 7.57. The van der Waals surface area contributed by atoms with E-state index in [0.717, 1.165) is 17.1 Å². The van der Waals surface area contributed by atoms with Crippen LogP contribution >= 0.6 is 34.9 Å². The number of carbonyl (C=O) groups is 2. The molecule has 0 aliphatic heterocycles. The van der Waals surface area contributed by atoms with Crippen molar-refractivity contribution in [2.45, 2.75) is 30.0 Å². The van der Waals surface area contributed by atoms with E-state index in [4.69, 9.17) is 4.74 Å². The zero-order chi connectivity index (χ0) is 21.7. The SMILES string of the molecule is CCOC(=O)Nc1nnc(SCC(=O)c2cc(C)n(-c3cccc(SC)c3)c2C)s1. The second kappa shape index (κ2) is 10.1. The summed E-state index contributed by atoms with van der Waals surface area (Å²) < 4.78 is 7.52. The number of ketones is 1. The fourth-order valence-electron chi connectivity index (χ4n) is 2.97. The molecule has 0 aliphatic rings. The summed E-state index contributed by atoms with van der Waals surface area (Å²) in [7, 11) is 0. The van der Waals surface area contributed by atoms with Gasteiger partial charge in [0.1, 0.15) is 0 Å². The van der Waals surface area contributed by atoms with Gasteiger partial charge in [-0.25, -0.2) is 4.79 Å². The van der Waals surface area contributed by atoms with Crippen molar-refractivity contribution in [2.24, 2.45) is 0 Å². The van der Waals surface area contributed by atoms with Crippen LogP contribution in [0.2, 0.25) is 0 Å². The summed E-state index contributed by atoms with van der Waals surface area (Å²) in [6.45, 7) is 5.97. The molecule has 3 aromatic rings. The van der Waals surface area contributed by atoms with Crippen molar-refractivity contribution in [3.8, 4) is 5.69 Å². The van der Waals surface area contributed by atoms with E-state index in [2.05, 4.69) is 32.2 Å². The zero-order valence-corrected chi connectivity index (χ0v) is 19.5. The third-order valence-electron chi connectivity index (χ3n) is 4.26. The van der Waals surface area contributed by atoms with Crippen LogP contribution in [0.4, 0.5) is 9.93 Å². The minimum absolute atomic E-state index is 0.0236. The lowest BCUT2D eigenvalue weighted by Gasteiger charge is -2.11. The number of anilines is 1. The van der Waals surface area contributed by atoms with E-state index in [1.54, 1.807) is 18.7 Å². The van der Waals surface area contributed by atoms with Gasteiger partial charge in [-0.2, -0.15) is 0 Å². The molecule has 0 radical (unpaired) electrons. The summed E-state index contributed by atoms with van der Waals surface area (Å²) in [6.07, 6.45) is 1.47. The topological polar surface area (TPSA) is 86.1 Å². The number of carbonyl (C=O) groups excluding carboxylic acids is 2. The standard InChI is InChI=1S/C20H22N4O3S3/c1-5-27-19(26)21-18-22-23-20(30-18)29-11-17(25)16-9-12(2)24(13(16)3)14-7-6-8-15(10-14)28-4/h6-10H,5,11H2,1-4H3,(H,21,22,26). The Balaban J connectivity index is 1.69. The van der Waals surface area contributed by atoms with Gasteiger partial charge in [-0.1, -0.05) is 29.2 Å². The Hall–Kier alpha value is -2.30. The Morgan fingerprint density at radius 1 is 1.23 bits per heavy atom. The van der Waals surface area contributed by atoms with Crippen LogP contribution in [0.15, 0.2) is 39.6 Å². The minimum atomic E-state index is -0.570. The maximum absolute atomic E-state index is 12.9. The first kappa shape index (κ1) is 22.4. The first-order valence-electron chi connectivity index (χ1n) is 9.19. The van der Waals surface area contributed by atoms with E-state index < -0.39 is 6.09 Å². The van der Waals surface area contributed by atoms with Crippen molar-refractivity contribution in [3.63, 3.8) is 0 Å². The molecule has 0 aliphatic carbocycles. The number of thioether (sulfide) groups is 2. The number of hydrogen-bond acceptors (Lipinski definition) is 8. The maximum Gasteiger partial charge on any atom is 0.413 e. The molecule has 10 heteroatoms. The number of nitrogens with zero attached hydrogens (tertiary/aromatic N) is 3. The average Bonchev–Trinajstić information content (AvgIpc) is 3.29. The number of benzene rings is 1. The van der Waals surface area contributed by atoms with Crippen molar-refractivity contribution in [2.75, 3.05) is 23.9 Å². The molecular weight excluding hydrogens is 440 g/mol. The molecule has 1 N–H and O–H groups in total. The van der Waals surface area contributed by atoms with E-state index in [9.17, 15) is 9.59 Å². The van der Waals surface area contributed by atoms with Crippen molar-refractivity contribution < 1.29 is 14.3 Å². The van der Waals surface area contributed by atoms with Gasteiger partial charge in [0.2, 0.25) is 5.13 Å². The lowest BCUT2D eigenvalue weighted by atomic mass is 10.2. The predicted molar refractivity (Wildman–Crippen MR) is 123 cm³/mol. The number of aryl methyl sites for hydroxylation is 1. The number of amides is 1. The molecule has 1 aromatic carbocycles. The molecule has 0 saturated heterocycles. The number of hydrogen-bond donors (Lipinski definition) is 1. The summed E-state index contributed by atoms with van der Waals surface area (Å²) in [5.41, 5.74) is 3.67. The van der Waals surface area contributed by atoms with Crippen LogP contribution in [0, 0.1) is 13.8 Å². The summed E-state index contributed by atoms with van der Waals surface area (Å²) in [4.78, 5) is 25.5. The lowest BCUT2D eigenvalue weighted by Crippen LogP contribution is -2.12. The number of ether oxygens (including phenoxy) is 1. The molecule has 0 unspecified atom stereocenters. The molecule has 0 spiro atoms. The van der Waals surface area contributed by atoms with Gasteiger partial charge < -0.3 is 9.30 Å². The smallest absolute Gasteiger partial charge is 0.413 e. The molecule has 7 nitrogen and oxygen atoms in total. The Bertz CT molecular complexity index is 1060. The highest BCUT2D eigenvalue weighted by Crippen LogP contribution is 2.28. The molecule has 0 atom stereocenters. The molecule has 158 valence electrons. The van der Waals surface area contributed by atoms with Gasteiger partial charge in [0.15, 0.2) is 10.1 Å². The molecule has 0 bridgehead atoms. The molecule has 1 amide bonds. The molecule has 2 aromatic heterocycles. The van der Waals surface area contributed by atoms with Gasteiger partial charge in [-0.3, -0.25) is 10.1 Å². The molecule has 0 saturated carbocycles. The maximum atomic E-state index is 12.9. The summed E-state index contributed by atoms with van der Waals surface area (Å²) in [5, 5.41) is 10.8. The third-order valence-corrected chi connectivity index (χ3v) is 6.96. The lowest BCUT2D eigenvalue weighted by molar-refractivity contribution is 0.102. The highest BCUT2D eigenvalue weighted by Gasteiger charge is 2.18. The summed E-state index contributed by atoms with van der Waals surface area (Å²) >= 11 is 4.19. The molecule has 0 fully saturated rings. The van der Waals surface area contributed by atoms with Crippen molar-refractivity contribution in [1.82, 2.24) is 14.8 Å². The van der Waals surface area contributed by atoms with E-state index in [1.165, 1.54) is 28.0 Å². The monoisotopic (exact) mass is 462 g/mol. The first-order chi connectivity index (χ1) is 14.4. The van der Waals surface area contributed by atoms with Crippen LogP contribution in [0.5, 0.6) is 0 Å². The van der Waals surface area contributed by atoms with Crippen LogP contribution in [-0.4, -0.2) is 45.3 Å². The van der Waals surface area contributed by atoms with E-state index >= 15 is 0 Å². The predicted octanol–water partition coefficient (Wildman–Crippen LogP) is 5.21. The number of rotatable bonds is 8. The Morgan fingerprint density at radius 3 is 2.77 bits per heavy atom. The quantitative estimate of drug-likeness (QED) is 0.279. The largest absolute Gasteiger partial charge is 0.450 e. The van der Waals surface area contributed by atoms with Crippen LogP contribution < -0.4 is 5.32 Å². The van der Waals surface area contributed by atoms with E-state index in [1.807, 2.05) is 38.3 Å². The van der Waals surface area contributed by atoms with E-state index in [-0.39, 0.29) is 18.1 Å². The molecule has 3 rings (SSSR count). The Labute approximate surface area is 187 Å². The van der Waals surface area contributed by atoms with Gasteiger partial charge in [0, 0.05) is 27.5 Å². The van der Waals surface area contributed by atoms with Crippen LogP contribution in [0.3, 0.4) is 0 Å². The third kappa shape index (κ3) is 5.24. The van der Waals surface area contributed by atoms with Crippen LogP contribution in [0.1, 0.15) is 28.7 Å². The minimum Gasteiger partial charge on any atom is -0.450 e. The molecule has 2 heterocycles. The highest BCUT2D eigenvalue weighted by atomic mass is 32.2. The van der Waals surface area contributed by atoms with Crippen LogP contribution in [0.25, 0.3) is 5.69 Å². The molecular formula is C20H22N4O3S3. The fourth-order valence-corrected chi connectivity index (χ4v) is 5.04. The van der Waals surface area contributed by atoms with Crippen LogP contribution in [-0.2, 0) is 4.74 Å². The second-order valence-corrected chi connectivity index (χ2v) is 9.33. The second-order valence-electron chi connectivity index (χ2n) is 6.25. The van der Waals surface area contributed by atoms with Gasteiger partial charge in [0.25, 0.3) is 0 Å². The summed E-state index contributed by atoms with van der Waals surface area (Å²) in [6, 6.07) is 10.2. The van der Waals surface area contributed by atoms with E-state index in [0.29, 0.717) is 15.0 Å². The number of nitrogens with one attached hydrogen (secondary N) is 1. The number of aromatic nitrogens is 3. The van der Waals surface area contributed by atoms with Gasteiger partial charge in [-0.05, 0) is 51.3 Å². The molecule has 30 heavy (non-hydrogen) atoms. The Morgan fingerprint density at radius 2 is 2.03 bits per heavy atom. The van der Waals surface area contributed by atoms with Gasteiger partial charge in [-0.15, -0.1) is 22.0 Å². The van der Waals surface area contributed by atoms with Crippen molar-refractivity contribution >= 4 is 51.9 Å². The normalized spacial score (nSPS) is 10.8. The summed E-state index contributed by atoms with van der Waals surface area (Å²) in [5.74, 6) is 0.263. The first-order valence-corrected chi connectivity index (χ1v) is 12.2. The number of Topliss-reactive ketones (excluding diaryl/α,β-unsaturated/α-hetero) is 1. The van der Waals surface area contributed by atoms with Gasteiger partial charge >= 0.3 is 6.09 Å². The average molecular weight is 463 g/mol. The fraction of sp³-hybridized carbons (Fsp3) is 0.300. The zero-order valence-electron chi connectivity index (χ0n) is 17.1.